The number of methoxy groups -OCH3 is 1. The zero-order chi connectivity index (χ0) is 27.9. The Kier molecular flexibility index (Phi) is 5.52. The SMILES string of the molecule is COc1ccc2c3c1O[C@H]1[C@H](N(C)C(=O)/C=C/c4ccoc4)CCC4[C@]31CN(S(=O)(=O)c1ccccc1)[C@]4(O)C2. The molecule has 3 heterocycles. The Morgan fingerprint density at radius 2 is 1.98 bits per heavy atom. The van der Waals surface area contributed by atoms with Gasteiger partial charge in [-0.05, 0) is 48.7 Å². The van der Waals surface area contributed by atoms with Crippen molar-refractivity contribution in [3.63, 3.8) is 0 Å². The van der Waals surface area contributed by atoms with Gasteiger partial charge in [-0.1, -0.05) is 24.3 Å². The van der Waals surface area contributed by atoms with Crippen molar-refractivity contribution in [3.8, 4) is 11.5 Å². The van der Waals surface area contributed by atoms with Crippen molar-refractivity contribution in [1.82, 2.24) is 9.21 Å². The maximum absolute atomic E-state index is 14.1. The second-order valence-corrected chi connectivity index (χ2v) is 13.0. The molecular weight excluding hydrogens is 532 g/mol. The number of sulfonamides is 1. The summed E-state index contributed by atoms with van der Waals surface area (Å²) in [6, 6.07) is 13.3. The van der Waals surface area contributed by atoms with Crippen molar-refractivity contribution in [2.24, 2.45) is 5.92 Å². The summed E-state index contributed by atoms with van der Waals surface area (Å²) in [4.78, 5) is 15.1. The van der Waals surface area contributed by atoms with E-state index in [4.69, 9.17) is 13.9 Å². The molecule has 0 radical (unpaired) electrons. The van der Waals surface area contributed by atoms with Crippen LogP contribution in [0, 0.1) is 5.92 Å². The van der Waals surface area contributed by atoms with E-state index >= 15 is 0 Å². The van der Waals surface area contributed by atoms with E-state index in [0.29, 0.717) is 24.3 Å². The summed E-state index contributed by atoms with van der Waals surface area (Å²) in [5.41, 5.74) is 0.0421. The normalized spacial score (nSPS) is 30.2. The van der Waals surface area contributed by atoms with Crippen LogP contribution in [-0.4, -0.2) is 67.2 Å². The maximum atomic E-state index is 14.1. The molecule has 2 aliphatic heterocycles. The van der Waals surface area contributed by atoms with Gasteiger partial charge in [-0.2, -0.15) is 4.31 Å². The molecule has 1 amide bonds. The summed E-state index contributed by atoms with van der Waals surface area (Å²) < 4.78 is 46.9. The van der Waals surface area contributed by atoms with Crippen LogP contribution in [-0.2, 0) is 26.7 Å². The molecule has 1 aromatic heterocycles. The fourth-order valence-corrected chi connectivity index (χ4v) is 9.39. The van der Waals surface area contributed by atoms with Gasteiger partial charge in [0.1, 0.15) is 11.8 Å². The average Bonchev–Trinajstić information content (AvgIpc) is 3.65. The maximum Gasteiger partial charge on any atom is 0.246 e. The quantitative estimate of drug-likeness (QED) is 0.460. The number of aliphatic hydroxyl groups is 1. The number of carbonyl (C=O) groups is 1. The van der Waals surface area contributed by atoms with E-state index in [1.165, 1.54) is 10.4 Å². The molecule has 5 atom stereocenters. The molecule has 40 heavy (non-hydrogen) atoms. The summed E-state index contributed by atoms with van der Waals surface area (Å²) in [6.45, 7) is 0.0482. The fraction of sp³-hybridized carbons (Fsp3) is 0.367. The van der Waals surface area contributed by atoms with Crippen molar-refractivity contribution < 1.29 is 32.2 Å². The predicted octanol–water partition coefficient (Wildman–Crippen LogP) is 3.19. The van der Waals surface area contributed by atoms with E-state index in [1.54, 1.807) is 80.1 Å². The fourth-order valence-electron chi connectivity index (χ4n) is 7.65. The molecule has 2 bridgehead atoms. The van der Waals surface area contributed by atoms with Gasteiger partial charge in [-0.15, -0.1) is 0 Å². The molecule has 10 heteroatoms. The van der Waals surface area contributed by atoms with Crippen molar-refractivity contribution in [2.75, 3.05) is 20.7 Å². The van der Waals surface area contributed by atoms with E-state index in [-0.39, 0.29) is 29.8 Å². The number of carbonyl (C=O) groups excluding carboxylic acids is 1. The zero-order valence-electron chi connectivity index (χ0n) is 22.2. The van der Waals surface area contributed by atoms with E-state index in [2.05, 4.69) is 0 Å². The Labute approximate surface area is 232 Å². The second kappa shape index (κ2) is 8.70. The van der Waals surface area contributed by atoms with Crippen LogP contribution in [0.15, 0.2) is 76.4 Å². The number of rotatable bonds is 6. The van der Waals surface area contributed by atoms with Crippen LogP contribution in [0.25, 0.3) is 6.08 Å². The van der Waals surface area contributed by atoms with Crippen molar-refractivity contribution in [2.45, 2.75) is 47.4 Å². The van der Waals surface area contributed by atoms with Gasteiger partial charge in [0.2, 0.25) is 15.9 Å². The van der Waals surface area contributed by atoms with E-state index in [0.717, 1.165) is 16.7 Å². The van der Waals surface area contributed by atoms with Gasteiger partial charge in [-0.25, -0.2) is 8.42 Å². The lowest BCUT2D eigenvalue weighted by atomic mass is 9.55. The average molecular weight is 563 g/mol. The highest BCUT2D eigenvalue weighted by molar-refractivity contribution is 7.89. The molecule has 2 aromatic carbocycles. The number of amides is 1. The minimum absolute atomic E-state index is 0.0482. The molecule has 1 saturated carbocycles. The first-order valence-corrected chi connectivity index (χ1v) is 14.8. The number of hydrogen-bond acceptors (Lipinski definition) is 7. The highest BCUT2D eigenvalue weighted by Gasteiger charge is 2.75. The first kappa shape index (κ1) is 25.4. The standard InChI is InChI=1S/C30H30N2O7S/c1-31(25(33)13-8-19-14-15-38-17-19)22-10-12-24-29-18-32(40(35,36)21-6-4-3-5-7-21)30(24,34)16-20-9-11-23(37-2)27(26(20)29)39-28(22)29/h3-9,11,13-15,17,22,24,28,34H,10,12,16,18H2,1-2H3/b13-8+/t22-,24?,28+,29-,30+/m1/s1. The van der Waals surface area contributed by atoms with Crippen molar-refractivity contribution >= 4 is 22.0 Å². The van der Waals surface area contributed by atoms with Gasteiger partial charge in [0.05, 0.1) is 36.0 Å². The van der Waals surface area contributed by atoms with E-state index in [9.17, 15) is 18.3 Å². The summed E-state index contributed by atoms with van der Waals surface area (Å²) in [7, 11) is -0.718. The number of nitrogens with zero attached hydrogens (tertiary/aromatic N) is 2. The van der Waals surface area contributed by atoms with Crippen LogP contribution in [0.4, 0.5) is 0 Å². The number of hydrogen-bond donors (Lipinski definition) is 1. The predicted molar refractivity (Wildman–Crippen MR) is 145 cm³/mol. The van der Waals surface area contributed by atoms with Gasteiger partial charge in [-0.3, -0.25) is 4.79 Å². The highest BCUT2D eigenvalue weighted by Crippen LogP contribution is 2.67. The van der Waals surface area contributed by atoms with Gasteiger partial charge in [0.15, 0.2) is 11.5 Å². The third kappa shape index (κ3) is 3.27. The minimum atomic E-state index is -4.04. The molecular formula is C30H30N2O7S. The lowest BCUT2D eigenvalue weighted by molar-refractivity contribution is -0.135. The smallest absolute Gasteiger partial charge is 0.246 e. The Hall–Kier alpha value is -3.60. The number of ether oxygens (including phenoxy) is 2. The van der Waals surface area contributed by atoms with Gasteiger partial charge >= 0.3 is 0 Å². The molecule has 2 fully saturated rings. The van der Waals surface area contributed by atoms with Crippen molar-refractivity contribution in [3.05, 3.63) is 83.8 Å². The minimum Gasteiger partial charge on any atom is -0.493 e. The molecule has 1 saturated heterocycles. The lowest BCUT2D eigenvalue weighted by Gasteiger charge is -2.51. The van der Waals surface area contributed by atoms with Crippen LogP contribution in [0.5, 0.6) is 11.5 Å². The molecule has 7 rings (SSSR count). The topological polar surface area (TPSA) is 110 Å². The lowest BCUT2D eigenvalue weighted by Crippen LogP contribution is -2.63. The number of likely N-dealkylation sites (N-methyl/N-ethyl adjacent to an activating group) is 1. The molecule has 208 valence electrons. The van der Waals surface area contributed by atoms with Gasteiger partial charge in [0.25, 0.3) is 0 Å². The molecule has 4 aliphatic rings. The second-order valence-electron chi connectivity index (χ2n) is 11.1. The number of furan rings is 1. The van der Waals surface area contributed by atoms with Crippen LogP contribution in [0.2, 0.25) is 0 Å². The van der Waals surface area contributed by atoms with Crippen LogP contribution in [0.3, 0.4) is 0 Å². The summed E-state index contributed by atoms with van der Waals surface area (Å²) >= 11 is 0. The largest absolute Gasteiger partial charge is 0.493 e. The Balaban J connectivity index is 1.34. The molecule has 9 nitrogen and oxygen atoms in total. The van der Waals surface area contributed by atoms with E-state index in [1.807, 2.05) is 6.07 Å². The molecule has 1 spiro atoms. The van der Waals surface area contributed by atoms with E-state index < -0.39 is 33.2 Å². The molecule has 1 unspecified atom stereocenters. The highest BCUT2D eigenvalue weighted by atomic mass is 32.2. The monoisotopic (exact) mass is 562 g/mol. The molecule has 3 aromatic rings. The number of benzene rings is 2. The first-order chi connectivity index (χ1) is 19.2. The third-order valence-corrected chi connectivity index (χ3v) is 11.2. The van der Waals surface area contributed by atoms with Gasteiger partial charge < -0.3 is 23.9 Å². The van der Waals surface area contributed by atoms with Crippen LogP contribution in [0.1, 0.15) is 29.5 Å². The molecule has 2 aliphatic carbocycles. The van der Waals surface area contributed by atoms with Crippen molar-refractivity contribution in [1.29, 1.82) is 0 Å². The first-order valence-electron chi connectivity index (χ1n) is 13.4. The van der Waals surface area contributed by atoms with Crippen LogP contribution >= 0.6 is 0 Å². The Bertz CT molecular complexity index is 1620. The Morgan fingerprint density at radius 1 is 1.18 bits per heavy atom. The third-order valence-electron chi connectivity index (χ3n) is 9.35. The summed E-state index contributed by atoms with van der Waals surface area (Å²) in [5, 5.41) is 12.4. The van der Waals surface area contributed by atoms with Gasteiger partial charge in [0, 0.05) is 43.1 Å². The molecule has 1 N–H and O–H groups in total. The summed E-state index contributed by atoms with van der Waals surface area (Å²) in [6.07, 6.45) is 6.95. The zero-order valence-corrected chi connectivity index (χ0v) is 23.0. The summed E-state index contributed by atoms with van der Waals surface area (Å²) in [5.74, 6) is 0.526. The van der Waals surface area contributed by atoms with Crippen LogP contribution < -0.4 is 9.47 Å². The Morgan fingerprint density at radius 3 is 2.70 bits per heavy atom.